The van der Waals surface area contributed by atoms with Gasteiger partial charge in [0.05, 0.1) is 34.2 Å². The average molecular weight is 406 g/mol. The molecule has 6 nitrogen and oxygen atoms in total. The molecule has 7 heteroatoms. The largest absolute Gasteiger partial charge is 0.388 e. The molecular weight excluding hydrogens is 378 g/mol. The van der Waals surface area contributed by atoms with Crippen LogP contribution in [0.2, 0.25) is 5.02 Å². The molecule has 1 saturated carbocycles. The Morgan fingerprint density at radius 2 is 2.32 bits per heavy atom. The fourth-order valence-electron chi connectivity index (χ4n) is 4.63. The van der Waals surface area contributed by atoms with Crippen LogP contribution < -0.4 is 5.32 Å². The van der Waals surface area contributed by atoms with E-state index in [1.165, 1.54) is 0 Å². The Morgan fingerprint density at radius 3 is 3.07 bits per heavy atom. The van der Waals surface area contributed by atoms with Crippen molar-refractivity contribution in [2.75, 3.05) is 13.2 Å². The maximum Gasteiger partial charge on any atom is 0.253 e. The van der Waals surface area contributed by atoms with E-state index in [4.69, 9.17) is 16.3 Å². The number of aliphatic hydroxyl groups is 1. The van der Waals surface area contributed by atoms with Gasteiger partial charge in [-0.2, -0.15) is 0 Å². The van der Waals surface area contributed by atoms with E-state index in [2.05, 4.69) is 17.2 Å². The Hall–Kier alpha value is -1.63. The van der Waals surface area contributed by atoms with Gasteiger partial charge in [0.15, 0.2) is 0 Å². The number of nitrogens with zero attached hydrogens (tertiary/aromatic N) is 2. The van der Waals surface area contributed by atoms with Crippen LogP contribution in [0.15, 0.2) is 18.5 Å². The van der Waals surface area contributed by atoms with Gasteiger partial charge < -0.3 is 19.7 Å². The summed E-state index contributed by atoms with van der Waals surface area (Å²) in [5.74, 6) is 0.250. The molecule has 2 N–H and O–H groups in total. The number of aromatic nitrogens is 2. The number of carbonyl (C=O) groups is 1. The zero-order chi connectivity index (χ0) is 19.7. The summed E-state index contributed by atoms with van der Waals surface area (Å²) in [7, 11) is 0. The quantitative estimate of drug-likeness (QED) is 0.797. The molecule has 2 aromatic heterocycles. The predicted octanol–water partition coefficient (Wildman–Crippen LogP) is 3.54. The SMILES string of the molecule is C[C@H]1CCC[C@@](O)(CNC(=O)c2cn(CC3CCCO3)c3nccc(Cl)c23)C1. The van der Waals surface area contributed by atoms with Crippen LogP contribution in [0.4, 0.5) is 0 Å². The van der Waals surface area contributed by atoms with E-state index in [1.807, 2.05) is 10.8 Å². The summed E-state index contributed by atoms with van der Waals surface area (Å²) in [6, 6.07) is 1.70. The van der Waals surface area contributed by atoms with Crippen molar-refractivity contribution in [2.45, 2.75) is 63.7 Å². The van der Waals surface area contributed by atoms with Gasteiger partial charge in [-0.25, -0.2) is 4.98 Å². The van der Waals surface area contributed by atoms with Crippen LogP contribution in [0.25, 0.3) is 11.0 Å². The fraction of sp³-hybridized carbons (Fsp3) is 0.619. The molecule has 1 aliphatic carbocycles. The van der Waals surface area contributed by atoms with Crippen molar-refractivity contribution >= 4 is 28.5 Å². The Morgan fingerprint density at radius 1 is 1.46 bits per heavy atom. The van der Waals surface area contributed by atoms with Crippen LogP contribution in [-0.2, 0) is 11.3 Å². The number of hydrogen-bond donors (Lipinski definition) is 2. The van der Waals surface area contributed by atoms with Crippen LogP contribution in [-0.4, -0.2) is 45.4 Å². The first-order valence-electron chi connectivity index (χ1n) is 10.2. The van der Waals surface area contributed by atoms with Crippen molar-refractivity contribution in [1.29, 1.82) is 0 Å². The first-order valence-corrected chi connectivity index (χ1v) is 10.6. The van der Waals surface area contributed by atoms with Crippen molar-refractivity contribution in [1.82, 2.24) is 14.9 Å². The molecule has 1 aliphatic heterocycles. The van der Waals surface area contributed by atoms with Gasteiger partial charge in [0.2, 0.25) is 0 Å². The minimum Gasteiger partial charge on any atom is -0.388 e. The summed E-state index contributed by atoms with van der Waals surface area (Å²) in [6.07, 6.45) is 9.24. The normalized spacial score (nSPS) is 28.0. The van der Waals surface area contributed by atoms with E-state index < -0.39 is 5.60 Å². The monoisotopic (exact) mass is 405 g/mol. The highest BCUT2D eigenvalue weighted by atomic mass is 35.5. The Bertz CT molecular complexity index is 862. The third-order valence-corrected chi connectivity index (χ3v) is 6.34. The number of pyridine rings is 1. The molecule has 3 heterocycles. The third kappa shape index (κ3) is 4.04. The second kappa shape index (κ2) is 8.01. The molecule has 4 rings (SSSR count). The average Bonchev–Trinajstić information content (AvgIpc) is 3.29. The number of halogens is 1. The second-order valence-corrected chi connectivity index (χ2v) is 8.84. The van der Waals surface area contributed by atoms with Gasteiger partial charge in [-0.1, -0.05) is 31.4 Å². The van der Waals surface area contributed by atoms with E-state index >= 15 is 0 Å². The molecule has 1 amide bonds. The van der Waals surface area contributed by atoms with E-state index in [-0.39, 0.29) is 18.6 Å². The van der Waals surface area contributed by atoms with Crippen molar-refractivity contribution in [2.24, 2.45) is 5.92 Å². The van der Waals surface area contributed by atoms with Crippen LogP contribution in [0.1, 0.15) is 55.8 Å². The number of amides is 1. The summed E-state index contributed by atoms with van der Waals surface area (Å²) in [4.78, 5) is 17.4. The molecule has 2 aromatic rings. The minimum atomic E-state index is -0.828. The zero-order valence-corrected chi connectivity index (χ0v) is 17.0. The summed E-state index contributed by atoms with van der Waals surface area (Å²) >= 11 is 6.42. The number of nitrogens with one attached hydrogen (secondary N) is 1. The fourth-order valence-corrected chi connectivity index (χ4v) is 4.87. The van der Waals surface area contributed by atoms with E-state index in [0.29, 0.717) is 34.1 Å². The topological polar surface area (TPSA) is 76.4 Å². The van der Waals surface area contributed by atoms with Gasteiger partial charge in [0.25, 0.3) is 5.91 Å². The lowest BCUT2D eigenvalue weighted by Crippen LogP contribution is -2.45. The van der Waals surface area contributed by atoms with Gasteiger partial charge in [-0.15, -0.1) is 0 Å². The van der Waals surface area contributed by atoms with Gasteiger partial charge in [0.1, 0.15) is 5.65 Å². The molecule has 0 spiro atoms. The number of hydrogen-bond acceptors (Lipinski definition) is 4. The van der Waals surface area contributed by atoms with Crippen LogP contribution >= 0.6 is 11.6 Å². The highest BCUT2D eigenvalue weighted by molar-refractivity contribution is 6.36. The predicted molar refractivity (Wildman–Crippen MR) is 109 cm³/mol. The number of carbonyl (C=O) groups excluding carboxylic acids is 1. The standard InChI is InChI=1S/C21H28ClN3O3/c1-14-4-2-7-21(27,10-14)13-24-20(26)16-12-25(11-15-5-3-9-28-15)19-18(16)17(22)6-8-23-19/h6,8,12,14-15,27H,2-5,7,9-11,13H2,1H3,(H,24,26)/t14-,15?,21-/m0/s1. The molecule has 28 heavy (non-hydrogen) atoms. The molecule has 1 saturated heterocycles. The number of fused-ring (bicyclic) bond motifs is 1. The summed E-state index contributed by atoms with van der Waals surface area (Å²) in [5.41, 5.74) is 0.363. The lowest BCUT2D eigenvalue weighted by molar-refractivity contribution is -0.0109. The van der Waals surface area contributed by atoms with E-state index in [1.54, 1.807) is 12.3 Å². The van der Waals surface area contributed by atoms with Gasteiger partial charge in [-0.05, 0) is 37.7 Å². The van der Waals surface area contributed by atoms with Crippen LogP contribution in [0.5, 0.6) is 0 Å². The molecule has 0 radical (unpaired) electrons. The first kappa shape index (κ1) is 19.7. The summed E-state index contributed by atoms with van der Waals surface area (Å²) in [5, 5.41) is 14.9. The Kier molecular flexibility index (Phi) is 5.63. The Balaban J connectivity index is 1.56. The molecule has 2 fully saturated rings. The molecular formula is C21H28ClN3O3. The molecule has 0 aromatic carbocycles. The molecule has 1 unspecified atom stereocenters. The molecule has 152 valence electrons. The van der Waals surface area contributed by atoms with Crippen molar-refractivity contribution < 1.29 is 14.6 Å². The first-order chi connectivity index (χ1) is 13.5. The molecule has 2 aliphatic rings. The Labute approximate surface area is 170 Å². The number of rotatable bonds is 5. The maximum atomic E-state index is 13.0. The van der Waals surface area contributed by atoms with E-state index in [9.17, 15) is 9.90 Å². The summed E-state index contributed by atoms with van der Waals surface area (Å²) < 4.78 is 7.70. The van der Waals surface area contributed by atoms with Crippen LogP contribution in [0.3, 0.4) is 0 Å². The van der Waals surface area contributed by atoms with Gasteiger partial charge in [0, 0.05) is 25.5 Å². The maximum absolute atomic E-state index is 13.0. The highest BCUT2D eigenvalue weighted by Crippen LogP contribution is 2.32. The molecule has 3 atom stereocenters. The molecule has 0 bridgehead atoms. The number of ether oxygens (including phenoxy) is 1. The van der Waals surface area contributed by atoms with E-state index in [0.717, 1.165) is 45.1 Å². The smallest absolute Gasteiger partial charge is 0.253 e. The van der Waals surface area contributed by atoms with Crippen molar-refractivity contribution in [3.05, 3.63) is 29.0 Å². The van der Waals surface area contributed by atoms with Crippen LogP contribution in [0, 0.1) is 5.92 Å². The van der Waals surface area contributed by atoms with Gasteiger partial charge >= 0.3 is 0 Å². The lowest BCUT2D eigenvalue weighted by atomic mass is 9.79. The zero-order valence-electron chi connectivity index (χ0n) is 16.3. The van der Waals surface area contributed by atoms with Crippen molar-refractivity contribution in [3.63, 3.8) is 0 Å². The van der Waals surface area contributed by atoms with Crippen molar-refractivity contribution in [3.8, 4) is 0 Å². The summed E-state index contributed by atoms with van der Waals surface area (Å²) in [6.45, 7) is 3.84. The second-order valence-electron chi connectivity index (χ2n) is 8.43. The minimum absolute atomic E-state index is 0.136. The third-order valence-electron chi connectivity index (χ3n) is 6.02. The highest BCUT2D eigenvalue weighted by Gasteiger charge is 2.33. The van der Waals surface area contributed by atoms with Gasteiger partial charge in [-0.3, -0.25) is 4.79 Å². The lowest BCUT2D eigenvalue weighted by Gasteiger charge is -2.35.